The number of amides is 2. The quantitative estimate of drug-likeness (QED) is 0.912. The van der Waals surface area contributed by atoms with Crippen molar-refractivity contribution in [2.24, 2.45) is 0 Å². The molecule has 2 N–H and O–H groups in total. The Morgan fingerprint density at radius 1 is 1.52 bits per heavy atom. The zero-order valence-corrected chi connectivity index (χ0v) is 12.9. The van der Waals surface area contributed by atoms with Crippen molar-refractivity contribution in [2.45, 2.75) is 13.5 Å². The first kappa shape index (κ1) is 15.2. The number of hydrogen-bond acceptors (Lipinski definition) is 3. The summed E-state index contributed by atoms with van der Waals surface area (Å²) in [6, 6.07) is 4.87. The monoisotopic (exact) mass is 308 g/mol. The molecule has 112 valence electrons. The Bertz CT molecular complexity index is 642. The molecular weight excluding hydrogens is 292 g/mol. The van der Waals surface area contributed by atoms with E-state index in [1.807, 2.05) is 6.92 Å². The van der Waals surface area contributed by atoms with Crippen LogP contribution in [-0.4, -0.2) is 35.3 Å². The van der Waals surface area contributed by atoms with Crippen LogP contribution in [0.4, 0.5) is 10.5 Å². The molecule has 0 unspecified atom stereocenters. The van der Waals surface area contributed by atoms with Crippen LogP contribution < -0.4 is 10.1 Å². The van der Waals surface area contributed by atoms with Crippen molar-refractivity contribution < 1.29 is 9.53 Å². The molecule has 2 aromatic rings. The Morgan fingerprint density at radius 3 is 2.86 bits per heavy atom. The van der Waals surface area contributed by atoms with Gasteiger partial charge in [-0.25, -0.2) is 4.79 Å². The molecule has 21 heavy (non-hydrogen) atoms. The first-order valence-electron chi connectivity index (χ1n) is 6.35. The highest BCUT2D eigenvalue weighted by Crippen LogP contribution is 2.27. The lowest BCUT2D eigenvalue weighted by Crippen LogP contribution is -2.30. The molecule has 0 fully saturated rings. The van der Waals surface area contributed by atoms with Crippen LogP contribution in [-0.2, 0) is 6.54 Å². The van der Waals surface area contributed by atoms with Crippen molar-refractivity contribution in [3.63, 3.8) is 0 Å². The molecular formula is C14H17ClN4O2. The topological polar surface area (TPSA) is 70.2 Å². The number of H-pyrrole nitrogens is 1. The second-order valence-electron chi connectivity index (χ2n) is 4.66. The number of ether oxygens (including phenoxy) is 1. The molecule has 1 heterocycles. The first-order chi connectivity index (χ1) is 10.0. The lowest BCUT2D eigenvalue weighted by atomic mass is 10.2. The third-order valence-electron chi connectivity index (χ3n) is 3.09. The Balaban J connectivity index is 2.00. The van der Waals surface area contributed by atoms with E-state index >= 15 is 0 Å². The van der Waals surface area contributed by atoms with Gasteiger partial charge in [-0.15, -0.1) is 0 Å². The van der Waals surface area contributed by atoms with Gasteiger partial charge in [0.05, 0.1) is 24.9 Å². The summed E-state index contributed by atoms with van der Waals surface area (Å²) in [5, 5.41) is 10.0. The molecule has 0 aliphatic carbocycles. The third kappa shape index (κ3) is 3.66. The molecule has 0 radical (unpaired) electrons. The van der Waals surface area contributed by atoms with Crippen LogP contribution >= 0.6 is 11.6 Å². The largest absolute Gasteiger partial charge is 0.495 e. The summed E-state index contributed by atoms with van der Waals surface area (Å²) in [6.07, 6.45) is 1.71. The van der Waals surface area contributed by atoms with Crippen molar-refractivity contribution in [3.8, 4) is 5.75 Å². The summed E-state index contributed by atoms with van der Waals surface area (Å²) >= 11 is 6.03. The fourth-order valence-electron chi connectivity index (χ4n) is 1.83. The number of aryl methyl sites for hydroxylation is 1. The summed E-state index contributed by atoms with van der Waals surface area (Å²) in [6.45, 7) is 2.38. The zero-order chi connectivity index (χ0) is 15.4. The van der Waals surface area contributed by atoms with E-state index in [-0.39, 0.29) is 6.03 Å². The van der Waals surface area contributed by atoms with Crippen molar-refractivity contribution in [3.05, 3.63) is 40.7 Å². The van der Waals surface area contributed by atoms with Crippen LogP contribution in [0.3, 0.4) is 0 Å². The van der Waals surface area contributed by atoms with E-state index < -0.39 is 0 Å². The maximum absolute atomic E-state index is 12.1. The number of urea groups is 1. The maximum Gasteiger partial charge on any atom is 0.321 e. The summed E-state index contributed by atoms with van der Waals surface area (Å²) in [5.74, 6) is 0.567. The van der Waals surface area contributed by atoms with E-state index in [4.69, 9.17) is 16.3 Å². The number of anilines is 1. The second-order valence-corrected chi connectivity index (χ2v) is 5.06. The van der Waals surface area contributed by atoms with Gasteiger partial charge in [-0.3, -0.25) is 5.10 Å². The lowest BCUT2D eigenvalue weighted by molar-refractivity contribution is 0.220. The molecule has 1 aromatic heterocycles. The number of nitrogens with one attached hydrogen (secondary N) is 2. The summed E-state index contributed by atoms with van der Waals surface area (Å²) in [7, 11) is 3.26. The fourth-order valence-corrected chi connectivity index (χ4v) is 2.08. The normalized spacial score (nSPS) is 10.3. The summed E-state index contributed by atoms with van der Waals surface area (Å²) in [4.78, 5) is 13.7. The number of aromatic amines is 1. The minimum absolute atomic E-state index is 0.225. The first-order valence-corrected chi connectivity index (χ1v) is 6.73. The molecule has 0 saturated carbocycles. The van der Waals surface area contributed by atoms with Crippen LogP contribution in [0.25, 0.3) is 0 Å². The van der Waals surface area contributed by atoms with Crippen LogP contribution in [0.1, 0.15) is 11.3 Å². The van der Waals surface area contributed by atoms with Gasteiger partial charge in [0.25, 0.3) is 0 Å². The van der Waals surface area contributed by atoms with Gasteiger partial charge in [0, 0.05) is 24.0 Å². The predicted octanol–water partition coefficient (Wildman–Crippen LogP) is 3.04. The molecule has 0 aliphatic heterocycles. The summed E-state index contributed by atoms with van der Waals surface area (Å²) < 4.78 is 5.07. The van der Waals surface area contributed by atoms with E-state index in [2.05, 4.69) is 15.5 Å². The minimum atomic E-state index is -0.225. The van der Waals surface area contributed by atoms with Crippen LogP contribution in [0.15, 0.2) is 24.4 Å². The van der Waals surface area contributed by atoms with Gasteiger partial charge in [-0.05, 0) is 25.1 Å². The average molecular weight is 309 g/mol. The molecule has 0 bridgehead atoms. The number of benzene rings is 1. The van der Waals surface area contributed by atoms with Gasteiger partial charge in [-0.2, -0.15) is 5.10 Å². The highest BCUT2D eigenvalue weighted by atomic mass is 35.5. The Labute approximate surface area is 128 Å². The Hall–Kier alpha value is -2.21. The van der Waals surface area contributed by atoms with Crippen LogP contribution in [0.5, 0.6) is 5.75 Å². The highest BCUT2D eigenvalue weighted by molar-refractivity contribution is 6.32. The number of halogens is 1. The second kappa shape index (κ2) is 6.49. The zero-order valence-electron chi connectivity index (χ0n) is 12.1. The van der Waals surface area contributed by atoms with Gasteiger partial charge in [-0.1, -0.05) is 11.6 Å². The van der Waals surface area contributed by atoms with Crippen molar-refractivity contribution in [2.75, 3.05) is 19.5 Å². The van der Waals surface area contributed by atoms with Gasteiger partial charge in [0.2, 0.25) is 0 Å². The molecule has 0 aliphatic rings. The van der Waals surface area contributed by atoms with E-state index in [1.165, 1.54) is 0 Å². The number of carbonyl (C=O) groups is 1. The van der Waals surface area contributed by atoms with Gasteiger partial charge in [0.15, 0.2) is 0 Å². The standard InChI is InChI=1S/C14H17ClN4O2/c1-9-10(7-16-18-9)8-19(2)14(20)17-11-4-5-13(21-3)12(15)6-11/h4-7H,8H2,1-3H3,(H,16,18)(H,17,20). The molecule has 2 amide bonds. The van der Waals surface area contributed by atoms with E-state index in [0.717, 1.165) is 11.3 Å². The number of rotatable bonds is 4. The maximum atomic E-state index is 12.1. The number of carbonyl (C=O) groups excluding carboxylic acids is 1. The Morgan fingerprint density at radius 2 is 2.29 bits per heavy atom. The van der Waals surface area contributed by atoms with Crippen molar-refractivity contribution >= 4 is 23.3 Å². The molecule has 1 aromatic carbocycles. The van der Waals surface area contributed by atoms with Crippen LogP contribution in [0.2, 0.25) is 5.02 Å². The molecule has 2 rings (SSSR count). The summed E-state index contributed by atoms with van der Waals surface area (Å²) in [5.41, 5.74) is 2.53. The van der Waals surface area contributed by atoms with Crippen molar-refractivity contribution in [1.29, 1.82) is 0 Å². The van der Waals surface area contributed by atoms with E-state index in [0.29, 0.717) is 23.0 Å². The smallest absolute Gasteiger partial charge is 0.321 e. The van der Waals surface area contributed by atoms with E-state index in [1.54, 1.807) is 43.5 Å². The number of aromatic nitrogens is 2. The third-order valence-corrected chi connectivity index (χ3v) is 3.39. The SMILES string of the molecule is COc1ccc(NC(=O)N(C)Cc2cn[nH]c2C)cc1Cl. The molecule has 6 nitrogen and oxygen atoms in total. The van der Waals surface area contributed by atoms with Gasteiger partial charge >= 0.3 is 6.03 Å². The van der Waals surface area contributed by atoms with Gasteiger partial charge in [0.1, 0.15) is 5.75 Å². The number of nitrogens with zero attached hydrogens (tertiary/aromatic N) is 2. The van der Waals surface area contributed by atoms with Gasteiger partial charge < -0.3 is 15.0 Å². The fraction of sp³-hybridized carbons (Fsp3) is 0.286. The number of hydrogen-bond donors (Lipinski definition) is 2. The molecule has 7 heteroatoms. The highest BCUT2D eigenvalue weighted by Gasteiger charge is 2.12. The minimum Gasteiger partial charge on any atom is -0.495 e. The van der Waals surface area contributed by atoms with E-state index in [9.17, 15) is 4.79 Å². The van der Waals surface area contributed by atoms with Crippen molar-refractivity contribution in [1.82, 2.24) is 15.1 Å². The average Bonchev–Trinajstić information content (AvgIpc) is 2.84. The lowest BCUT2D eigenvalue weighted by Gasteiger charge is -2.18. The molecule has 0 saturated heterocycles. The molecule has 0 spiro atoms. The van der Waals surface area contributed by atoms with Crippen LogP contribution in [0, 0.1) is 6.92 Å². The number of methoxy groups -OCH3 is 1. The molecule has 0 atom stereocenters. The Kier molecular flexibility index (Phi) is 4.70. The predicted molar refractivity (Wildman–Crippen MR) is 81.8 cm³/mol.